The standard InChI is InChI=1S/C21H17BrCl2INO2/c1-27-20-9-13(11-26-17-6-3-15(22)4-7-17)8-19(25)21(20)28-12-14-2-5-16(23)10-18(14)24/h2-10,26H,11-12H2,1H3. The molecule has 0 spiro atoms. The minimum absolute atomic E-state index is 0.332. The van der Waals surface area contributed by atoms with Crippen LogP contribution in [-0.4, -0.2) is 7.11 Å². The van der Waals surface area contributed by atoms with Crippen molar-refractivity contribution in [1.82, 2.24) is 0 Å². The van der Waals surface area contributed by atoms with Crippen LogP contribution >= 0.6 is 61.7 Å². The molecule has 0 aliphatic rings. The lowest BCUT2D eigenvalue weighted by Crippen LogP contribution is -2.04. The van der Waals surface area contributed by atoms with E-state index in [4.69, 9.17) is 32.7 Å². The fourth-order valence-corrected chi connectivity index (χ4v) is 4.12. The molecule has 0 aliphatic carbocycles. The molecule has 3 rings (SSSR count). The number of rotatable bonds is 7. The number of anilines is 1. The minimum atomic E-state index is 0.332. The molecule has 7 heteroatoms. The van der Waals surface area contributed by atoms with Crippen LogP contribution in [-0.2, 0) is 13.2 Å². The molecule has 3 aromatic rings. The van der Waals surface area contributed by atoms with Gasteiger partial charge in [-0.15, -0.1) is 0 Å². The number of hydrogen-bond acceptors (Lipinski definition) is 3. The molecule has 0 atom stereocenters. The van der Waals surface area contributed by atoms with Gasteiger partial charge in [-0.2, -0.15) is 0 Å². The van der Waals surface area contributed by atoms with Gasteiger partial charge in [0, 0.05) is 32.3 Å². The zero-order valence-corrected chi connectivity index (χ0v) is 20.2. The minimum Gasteiger partial charge on any atom is -0.493 e. The summed E-state index contributed by atoms with van der Waals surface area (Å²) in [4.78, 5) is 0. The van der Waals surface area contributed by atoms with Gasteiger partial charge in [-0.1, -0.05) is 45.2 Å². The lowest BCUT2D eigenvalue weighted by Gasteiger charge is -2.16. The topological polar surface area (TPSA) is 30.5 Å². The highest BCUT2D eigenvalue weighted by atomic mass is 127. The van der Waals surface area contributed by atoms with Crippen molar-refractivity contribution in [1.29, 1.82) is 0 Å². The smallest absolute Gasteiger partial charge is 0.174 e. The van der Waals surface area contributed by atoms with Crippen molar-refractivity contribution < 1.29 is 9.47 Å². The Balaban J connectivity index is 1.72. The fraction of sp³-hybridized carbons (Fsp3) is 0.143. The number of methoxy groups -OCH3 is 1. The molecular weight excluding hydrogens is 576 g/mol. The highest BCUT2D eigenvalue weighted by molar-refractivity contribution is 14.1. The van der Waals surface area contributed by atoms with Crippen LogP contribution in [0.5, 0.6) is 11.5 Å². The van der Waals surface area contributed by atoms with E-state index in [1.165, 1.54) is 0 Å². The maximum atomic E-state index is 6.23. The first-order valence-corrected chi connectivity index (χ1v) is 11.0. The van der Waals surface area contributed by atoms with Gasteiger partial charge in [-0.05, 0) is 76.7 Å². The lowest BCUT2D eigenvalue weighted by atomic mass is 10.2. The van der Waals surface area contributed by atoms with Crippen molar-refractivity contribution in [2.75, 3.05) is 12.4 Å². The Morgan fingerprint density at radius 3 is 2.46 bits per heavy atom. The van der Waals surface area contributed by atoms with Gasteiger partial charge in [0.05, 0.1) is 10.7 Å². The van der Waals surface area contributed by atoms with E-state index in [9.17, 15) is 0 Å². The Morgan fingerprint density at radius 1 is 1.04 bits per heavy atom. The molecule has 1 N–H and O–H groups in total. The predicted octanol–water partition coefficient (Wildman–Crippen LogP) is 7.56. The molecular formula is C21H17BrCl2INO2. The van der Waals surface area contributed by atoms with Crippen LogP contribution in [0.1, 0.15) is 11.1 Å². The second kappa shape index (κ2) is 10.1. The van der Waals surface area contributed by atoms with Gasteiger partial charge in [-0.25, -0.2) is 0 Å². The summed E-state index contributed by atoms with van der Waals surface area (Å²) in [5.41, 5.74) is 3.01. The summed E-state index contributed by atoms with van der Waals surface area (Å²) in [5, 5.41) is 4.59. The van der Waals surface area contributed by atoms with E-state index in [2.05, 4.69) is 49.9 Å². The summed E-state index contributed by atoms with van der Waals surface area (Å²) in [6.45, 7) is 1.01. The number of hydrogen-bond donors (Lipinski definition) is 1. The summed E-state index contributed by atoms with van der Waals surface area (Å²) in [6.07, 6.45) is 0. The Bertz CT molecular complexity index is 967. The van der Waals surface area contributed by atoms with E-state index in [0.29, 0.717) is 34.7 Å². The molecule has 0 aliphatic heterocycles. The number of benzene rings is 3. The molecule has 0 saturated heterocycles. The van der Waals surface area contributed by atoms with Gasteiger partial charge < -0.3 is 14.8 Å². The summed E-state index contributed by atoms with van der Waals surface area (Å²) in [5.74, 6) is 1.38. The zero-order valence-electron chi connectivity index (χ0n) is 14.9. The summed E-state index contributed by atoms with van der Waals surface area (Å²) in [7, 11) is 1.64. The highest BCUT2D eigenvalue weighted by Crippen LogP contribution is 2.35. The van der Waals surface area contributed by atoms with Crippen molar-refractivity contribution >= 4 is 67.4 Å². The Morgan fingerprint density at radius 2 is 1.79 bits per heavy atom. The lowest BCUT2D eigenvalue weighted by molar-refractivity contribution is 0.282. The largest absolute Gasteiger partial charge is 0.493 e. The van der Waals surface area contributed by atoms with Crippen LogP contribution in [0.3, 0.4) is 0 Å². The molecule has 0 unspecified atom stereocenters. The third-order valence-electron chi connectivity index (χ3n) is 4.02. The number of ether oxygens (including phenoxy) is 2. The fourth-order valence-electron chi connectivity index (χ4n) is 2.58. The predicted molar refractivity (Wildman–Crippen MR) is 128 cm³/mol. The molecule has 0 fully saturated rings. The van der Waals surface area contributed by atoms with Gasteiger partial charge in [0.25, 0.3) is 0 Å². The summed E-state index contributed by atoms with van der Waals surface area (Å²) >= 11 is 17.9. The van der Waals surface area contributed by atoms with Crippen LogP contribution in [0.25, 0.3) is 0 Å². The van der Waals surface area contributed by atoms with E-state index >= 15 is 0 Å². The highest BCUT2D eigenvalue weighted by Gasteiger charge is 2.13. The molecule has 0 heterocycles. The SMILES string of the molecule is COc1cc(CNc2ccc(Br)cc2)cc(I)c1OCc1ccc(Cl)cc1Cl. The van der Waals surface area contributed by atoms with Crippen molar-refractivity contribution in [3.63, 3.8) is 0 Å². The molecule has 3 nitrogen and oxygen atoms in total. The van der Waals surface area contributed by atoms with Gasteiger partial charge in [0.15, 0.2) is 11.5 Å². The van der Waals surface area contributed by atoms with Crippen molar-refractivity contribution in [3.8, 4) is 11.5 Å². The summed E-state index contributed by atoms with van der Waals surface area (Å²) in [6, 6.07) is 17.5. The number of nitrogens with one attached hydrogen (secondary N) is 1. The molecule has 146 valence electrons. The molecule has 0 amide bonds. The van der Waals surface area contributed by atoms with Crippen molar-refractivity contribution in [2.45, 2.75) is 13.2 Å². The van der Waals surface area contributed by atoms with Crippen LogP contribution in [0.2, 0.25) is 10.0 Å². The van der Waals surface area contributed by atoms with Gasteiger partial charge in [0.2, 0.25) is 0 Å². The van der Waals surface area contributed by atoms with Gasteiger partial charge in [0.1, 0.15) is 6.61 Å². The van der Waals surface area contributed by atoms with Crippen LogP contribution in [0.15, 0.2) is 59.1 Å². The second-order valence-corrected chi connectivity index (χ2v) is 8.92. The van der Waals surface area contributed by atoms with E-state index in [0.717, 1.165) is 24.9 Å². The van der Waals surface area contributed by atoms with Crippen LogP contribution < -0.4 is 14.8 Å². The molecule has 0 bridgehead atoms. The first-order valence-electron chi connectivity index (χ1n) is 8.39. The molecule has 0 aromatic heterocycles. The molecule has 0 saturated carbocycles. The maximum absolute atomic E-state index is 6.23. The average Bonchev–Trinajstić information content (AvgIpc) is 2.67. The van der Waals surface area contributed by atoms with Crippen molar-refractivity contribution in [3.05, 3.63) is 83.8 Å². The first kappa shape index (κ1) is 21.6. The number of halogens is 4. The Labute approximate surface area is 196 Å². The maximum Gasteiger partial charge on any atom is 0.174 e. The van der Waals surface area contributed by atoms with Crippen molar-refractivity contribution in [2.24, 2.45) is 0 Å². The first-order chi connectivity index (χ1) is 13.5. The normalized spacial score (nSPS) is 10.6. The Hall–Kier alpha value is -1.15. The van der Waals surface area contributed by atoms with Gasteiger partial charge in [-0.3, -0.25) is 0 Å². The van der Waals surface area contributed by atoms with E-state index in [1.54, 1.807) is 19.2 Å². The van der Waals surface area contributed by atoms with E-state index < -0.39 is 0 Å². The van der Waals surface area contributed by atoms with Crippen LogP contribution in [0.4, 0.5) is 5.69 Å². The molecule has 3 aromatic carbocycles. The van der Waals surface area contributed by atoms with E-state index in [-0.39, 0.29) is 0 Å². The quantitative estimate of drug-likeness (QED) is 0.287. The summed E-state index contributed by atoms with van der Waals surface area (Å²) < 4.78 is 13.6. The van der Waals surface area contributed by atoms with Gasteiger partial charge >= 0.3 is 0 Å². The monoisotopic (exact) mass is 591 g/mol. The third kappa shape index (κ3) is 5.69. The molecule has 28 heavy (non-hydrogen) atoms. The second-order valence-electron chi connectivity index (χ2n) is 5.99. The van der Waals surface area contributed by atoms with Crippen LogP contribution in [0, 0.1) is 3.57 Å². The molecule has 0 radical (unpaired) electrons. The zero-order chi connectivity index (χ0) is 20.1. The third-order valence-corrected chi connectivity index (χ3v) is 5.93. The average molecular weight is 593 g/mol. The Kier molecular flexibility index (Phi) is 7.74. The van der Waals surface area contributed by atoms with E-state index in [1.807, 2.05) is 36.4 Å².